The van der Waals surface area contributed by atoms with E-state index in [0.717, 1.165) is 24.5 Å². The highest BCUT2D eigenvalue weighted by Gasteiger charge is 2.32. The van der Waals surface area contributed by atoms with Gasteiger partial charge < -0.3 is 19.5 Å². The van der Waals surface area contributed by atoms with Gasteiger partial charge >= 0.3 is 0 Å². The number of hydrogen-bond acceptors (Lipinski definition) is 4. The van der Waals surface area contributed by atoms with Crippen molar-refractivity contribution in [2.45, 2.75) is 25.5 Å². The molecule has 3 atom stereocenters. The van der Waals surface area contributed by atoms with Gasteiger partial charge in [-0.2, -0.15) is 0 Å². The van der Waals surface area contributed by atoms with Crippen LogP contribution in [0.25, 0.3) is 0 Å². The Balaban J connectivity index is 2.27. The summed E-state index contributed by atoms with van der Waals surface area (Å²) in [5.41, 5.74) is 1.21. The summed E-state index contributed by atoms with van der Waals surface area (Å²) in [5.74, 6) is 2.02. The van der Waals surface area contributed by atoms with Gasteiger partial charge in [0.25, 0.3) is 0 Å². The fourth-order valence-electron chi connectivity index (χ4n) is 2.86. The van der Waals surface area contributed by atoms with Crippen LogP contribution in [0.15, 0.2) is 18.2 Å². The highest BCUT2D eigenvalue weighted by molar-refractivity contribution is 5.44. The summed E-state index contributed by atoms with van der Waals surface area (Å²) in [4.78, 5) is 0. The van der Waals surface area contributed by atoms with Crippen molar-refractivity contribution < 1.29 is 14.2 Å². The molecule has 4 nitrogen and oxygen atoms in total. The van der Waals surface area contributed by atoms with Gasteiger partial charge in [0.2, 0.25) is 0 Å². The second kappa shape index (κ2) is 6.26. The molecule has 0 radical (unpaired) electrons. The minimum absolute atomic E-state index is 0.275. The second-order valence-corrected chi connectivity index (χ2v) is 4.91. The van der Waals surface area contributed by atoms with E-state index in [1.807, 2.05) is 19.2 Å². The predicted octanol–water partition coefficient (Wildman–Crippen LogP) is 2.39. The Morgan fingerprint density at radius 2 is 2.00 bits per heavy atom. The van der Waals surface area contributed by atoms with E-state index in [4.69, 9.17) is 14.2 Å². The fourth-order valence-corrected chi connectivity index (χ4v) is 2.86. The maximum Gasteiger partial charge on any atom is 0.161 e. The molecule has 3 unspecified atom stereocenters. The van der Waals surface area contributed by atoms with E-state index in [1.165, 1.54) is 5.56 Å². The zero-order valence-electron chi connectivity index (χ0n) is 12.1. The van der Waals surface area contributed by atoms with Crippen molar-refractivity contribution in [1.82, 2.24) is 5.32 Å². The predicted molar refractivity (Wildman–Crippen MR) is 74.9 cm³/mol. The van der Waals surface area contributed by atoms with E-state index in [-0.39, 0.29) is 12.1 Å². The Labute approximate surface area is 115 Å². The molecule has 0 bridgehead atoms. The van der Waals surface area contributed by atoms with E-state index in [2.05, 4.69) is 18.3 Å². The van der Waals surface area contributed by atoms with E-state index >= 15 is 0 Å². The first kappa shape index (κ1) is 14.2. The van der Waals surface area contributed by atoms with E-state index in [9.17, 15) is 0 Å². The maximum atomic E-state index is 5.68. The van der Waals surface area contributed by atoms with Gasteiger partial charge in [-0.3, -0.25) is 0 Å². The molecule has 4 heteroatoms. The molecule has 19 heavy (non-hydrogen) atoms. The number of benzene rings is 1. The molecule has 0 aromatic heterocycles. The van der Waals surface area contributed by atoms with E-state index < -0.39 is 0 Å². The first-order valence-corrected chi connectivity index (χ1v) is 6.72. The largest absolute Gasteiger partial charge is 0.493 e. The summed E-state index contributed by atoms with van der Waals surface area (Å²) in [6.45, 7) is 2.99. The quantitative estimate of drug-likeness (QED) is 0.887. The van der Waals surface area contributed by atoms with Crippen LogP contribution in [-0.4, -0.2) is 34.0 Å². The molecule has 0 saturated carbocycles. The molecule has 0 amide bonds. The lowest BCUT2D eigenvalue weighted by molar-refractivity contribution is 0.0962. The average molecular weight is 265 g/mol. The lowest BCUT2D eigenvalue weighted by Crippen LogP contribution is -2.29. The summed E-state index contributed by atoms with van der Waals surface area (Å²) < 4.78 is 16.3. The second-order valence-electron chi connectivity index (χ2n) is 4.91. The van der Waals surface area contributed by atoms with Crippen molar-refractivity contribution in [1.29, 1.82) is 0 Å². The third-order valence-corrected chi connectivity index (χ3v) is 3.94. The Morgan fingerprint density at radius 3 is 2.53 bits per heavy atom. The molecule has 1 N–H and O–H groups in total. The lowest BCUT2D eigenvalue weighted by Gasteiger charge is -2.26. The zero-order chi connectivity index (χ0) is 13.8. The molecule has 1 saturated heterocycles. The summed E-state index contributed by atoms with van der Waals surface area (Å²) in [6, 6.07) is 6.37. The highest BCUT2D eigenvalue weighted by Crippen LogP contribution is 2.36. The van der Waals surface area contributed by atoms with Gasteiger partial charge in [-0.25, -0.2) is 0 Å². The molecular formula is C15H23NO3. The van der Waals surface area contributed by atoms with Crippen molar-refractivity contribution in [3.8, 4) is 11.5 Å². The molecule has 1 fully saturated rings. The van der Waals surface area contributed by atoms with Crippen molar-refractivity contribution in [3.63, 3.8) is 0 Å². The Bertz CT molecular complexity index is 422. The molecule has 1 heterocycles. The van der Waals surface area contributed by atoms with Crippen LogP contribution in [0.4, 0.5) is 0 Å². The smallest absolute Gasteiger partial charge is 0.161 e. The van der Waals surface area contributed by atoms with Crippen molar-refractivity contribution >= 4 is 0 Å². The number of methoxy groups -OCH3 is 2. The van der Waals surface area contributed by atoms with Crippen LogP contribution >= 0.6 is 0 Å². The molecule has 0 spiro atoms. The lowest BCUT2D eigenvalue weighted by atomic mass is 9.88. The van der Waals surface area contributed by atoms with Crippen LogP contribution in [0, 0.1) is 5.92 Å². The molecule has 1 aromatic rings. The fraction of sp³-hybridized carbons (Fsp3) is 0.600. The van der Waals surface area contributed by atoms with Crippen LogP contribution in [0.1, 0.15) is 24.9 Å². The van der Waals surface area contributed by atoms with E-state index in [1.54, 1.807) is 14.2 Å². The number of rotatable bonds is 5. The molecular weight excluding hydrogens is 242 g/mol. The molecule has 0 aliphatic carbocycles. The number of ether oxygens (including phenoxy) is 3. The normalized spacial score (nSPS) is 24.2. The van der Waals surface area contributed by atoms with Crippen LogP contribution < -0.4 is 14.8 Å². The maximum absolute atomic E-state index is 5.68. The van der Waals surface area contributed by atoms with Gasteiger partial charge in [0.05, 0.1) is 20.3 Å². The summed E-state index contributed by atoms with van der Waals surface area (Å²) in [7, 11) is 5.31. The monoisotopic (exact) mass is 265 g/mol. The number of hydrogen-bond donors (Lipinski definition) is 1. The third-order valence-electron chi connectivity index (χ3n) is 3.94. The van der Waals surface area contributed by atoms with E-state index in [0.29, 0.717) is 5.92 Å². The molecule has 1 aliphatic heterocycles. The molecule has 1 aromatic carbocycles. The standard InChI is InChI=1S/C15H23NO3/c1-10-12(7-8-19-10)15(16-2)11-5-6-13(17-3)14(9-11)18-4/h5-6,9-10,12,15-16H,7-8H2,1-4H3. The van der Waals surface area contributed by atoms with Crippen molar-refractivity contribution in [2.75, 3.05) is 27.9 Å². The van der Waals surface area contributed by atoms with Crippen LogP contribution in [0.3, 0.4) is 0 Å². The highest BCUT2D eigenvalue weighted by atomic mass is 16.5. The molecule has 106 valence electrons. The van der Waals surface area contributed by atoms with Crippen molar-refractivity contribution in [2.24, 2.45) is 5.92 Å². The van der Waals surface area contributed by atoms with Gasteiger partial charge in [-0.15, -0.1) is 0 Å². The summed E-state index contributed by atoms with van der Waals surface area (Å²) in [6.07, 6.45) is 1.37. The third kappa shape index (κ3) is 2.85. The molecule has 2 rings (SSSR count). The zero-order valence-corrected chi connectivity index (χ0v) is 12.1. The topological polar surface area (TPSA) is 39.7 Å². The van der Waals surface area contributed by atoms with Gasteiger partial charge in [0.1, 0.15) is 0 Å². The SMILES string of the molecule is CNC(c1ccc(OC)c(OC)c1)C1CCOC1C. The van der Waals surface area contributed by atoms with Gasteiger partial charge in [0, 0.05) is 18.6 Å². The molecule has 1 aliphatic rings. The van der Waals surface area contributed by atoms with Gasteiger partial charge in [0.15, 0.2) is 11.5 Å². The summed E-state index contributed by atoms with van der Waals surface area (Å²) >= 11 is 0. The first-order valence-electron chi connectivity index (χ1n) is 6.72. The number of nitrogens with one attached hydrogen (secondary N) is 1. The minimum Gasteiger partial charge on any atom is -0.493 e. The van der Waals surface area contributed by atoms with Crippen LogP contribution in [0.5, 0.6) is 11.5 Å². The van der Waals surface area contributed by atoms with Crippen molar-refractivity contribution in [3.05, 3.63) is 23.8 Å². The first-order chi connectivity index (χ1) is 9.21. The van der Waals surface area contributed by atoms with Crippen LogP contribution in [0.2, 0.25) is 0 Å². The Kier molecular flexibility index (Phi) is 4.66. The van der Waals surface area contributed by atoms with Gasteiger partial charge in [-0.1, -0.05) is 6.07 Å². The minimum atomic E-state index is 0.275. The van der Waals surface area contributed by atoms with Gasteiger partial charge in [-0.05, 0) is 38.1 Å². The summed E-state index contributed by atoms with van der Waals surface area (Å²) in [5, 5.41) is 3.40. The average Bonchev–Trinajstić information content (AvgIpc) is 2.86. The Hall–Kier alpha value is -1.26. The van der Waals surface area contributed by atoms with Crippen LogP contribution in [-0.2, 0) is 4.74 Å². The Morgan fingerprint density at radius 1 is 1.26 bits per heavy atom.